The number of unbranched alkanes of at least 4 members (excludes halogenated alkanes) is 2. The highest BCUT2D eigenvalue weighted by Crippen LogP contribution is 2.50. The zero-order valence-corrected chi connectivity index (χ0v) is 28.3. The molecule has 0 saturated heterocycles. The Morgan fingerprint density at radius 1 is 0.604 bits per heavy atom. The maximum atomic E-state index is 6.26. The molecule has 0 amide bonds. The van der Waals surface area contributed by atoms with E-state index in [0.29, 0.717) is 19.8 Å². The highest BCUT2D eigenvalue weighted by Gasteiger charge is 2.37. The zero-order chi connectivity index (χ0) is 33.0. The van der Waals surface area contributed by atoms with Gasteiger partial charge in [-0.2, -0.15) is 0 Å². The van der Waals surface area contributed by atoms with Crippen molar-refractivity contribution in [2.24, 2.45) is 0 Å². The minimum absolute atomic E-state index is 0.169. The Kier molecular flexibility index (Phi) is 11.7. The predicted octanol–water partition coefficient (Wildman–Crippen LogP) is 9.87. The molecular formula is C43H48N2O3. The number of nitrogens with zero attached hydrogens (tertiary/aromatic N) is 1. The van der Waals surface area contributed by atoms with Gasteiger partial charge >= 0.3 is 0 Å². The molecule has 48 heavy (non-hydrogen) atoms. The van der Waals surface area contributed by atoms with Gasteiger partial charge in [0.05, 0.1) is 6.04 Å². The largest absolute Gasteiger partial charge is 0.492 e. The average Bonchev–Trinajstić information content (AvgIpc) is 3.41. The van der Waals surface area contributed by atoms with E-state index in [9.17, 15) is 0 Å². The second-order valence-electron chi connectivity index (χ2n) is 12.6. The SMILES string of the molecule is CCCCCNCCOc1ccc(CN2c3ccc(OCc4ccccc4)cc3C(C)C2c2ccc(OCc3ccccc3)cc2)cc1. The topological polar surface area (TPSA) is 43.0 Å². The van der Waals surface area contributed by atoms with Crippen LogP contribution in [0.4, 0.5) is 5.69 Å². The van der Waals surface area contributed by atoms with Crippen LogP contribution < -0.4 is 24.4 Å². The summed E-state index contributed by atoms with van der Waals surface area (Å²) in [7, 11) is 0. The summed E-state index contributed by atoms with van der Waals surface area (Å²) in [6.07, 6.45) is 3.74. The summed E-state index contributed by atoms with van der Waals surface area (Å²) in [4.78, 5) is 2.54. The summed E-state index contributed by atoms with van der Waals surface area (Å²) in [5.74, 6) is 2.95. The predicted molar refractivity (Wildman–Crippen MR) is 196 cm³/mol. The van der Waals surface area contributed by atoms with Crippen molar-refractivity contribution in [3.8, 4) is 17.2 Å². The number of rotatable bonds is 17. The van der Waals surface area contributed by atoms with Crippen LogP contribution in [-0.4, -0.2) is 19.7 Å². The normalized spacial score (nSPS) is 15.2. The molecule has 6 rings (SSSR count). The molecule has 0 saturated carbocycles. The standard InChI is InChI=1S/C43H48N2O3/c1-3-4-11-26-44-27-28-46-38-20-16-34(17-21-38)30-45-42-25-24-40(48-32-36-14-9-6-10-15-36)29-41(42)33(2)43(45)37-18-22-39(23-19-37)47-31-35-12-7-5-8-13-35/h5-10,12-25,29,33,43-44H,3-4,11,26-28,30-32H2,1-2H3. The van der Waals surface area contributed by atoms with Gasteiger partial charge in [0.25, 0.3) is 0 Å². The Balaban J connectivity index is 1.16. The molecule has 2 atom stereocenters. The van der Waals surface area contributed by atoms with Crippen LogP contribution in [0.5, 0.6) is 17.2 Å². The third-order valence-corrected chi connectivity index (χ3v) is 9.11. The fraction of sp³-hybridized carbons (Fsp3) is 0.302. The molecular weight excluding hydrogens is 592 g/mol. The summed E-state index contributed by atoms with van der Waals surface area (Å²) in [5, 5.41) is 3.47. The first-order valence-corrected chi connectivity index (χ1v) is 17.4. The van der Waals surface area contributed by atoms with Crippen LogP contribution in [0.3, 0.4) is 0 Å². The first-order chi connectivity index (χ1) is 23.7. The van der Waals surface area contributed by atoms with E-state index in [1.54, 1.807) is 0 Å². The minimum Gasteiger partial charge on any atom is -0.492 e. The Labute approximate surface area is 286 Å². The molecule has 5 nitrogen and oxygen atoms in total. The van der Waals surface area contributed by atoms with Crippen LogP contribution in [0.15, 0.2) is 127 Å². The molecule has 1 heterocycles. The quantitative estimate of drug-likeness (QED) is 0.103. The van der Waals surface area contributed by atoms with E-state index in [-0.39, 0.29) is 12.0 Å². The lowest BCUT2D eigenvalue weighted by Crippen LogP contribution is -2.26. The number of ether oxygens (including phenoxy) is 3. The molecule has 5 heteroatoms. The van der Waals surface area contributed by atoms with Gasteiger partial charge in [-0.05, 0) is 83.2 Å². The molecule has 1 N–H and O–H groups in total. The van der Waals surface area contributed by atoms with Crippen LogP contribution in [0.1, 0.15) is 72.9 Å². The fourth-order valence-electron chi connectivity index (χ4n) is 6.49. The molecule has 5 aromatic rings. The molecule has 0 spiro atoms. The van der Waals surface area contributed by atoms with E-state index >= 15 is 0 Å². The van der Waals surface area contributed by atoms with Crippen molar-refractivity contribution < 1.29 is 14.2 Å². The second-order valence-corrected chi connectivity index (χ2v) is 12.6. The van der Waals surface area contributed by atoms with Gasteiger partial charge in [0.1, 0.15) is 37.1 Å². The molecule has 1 aliphatic rings. The smallest absolute Gasteiger partial charge is 0.120 e. The highest BCUT2D eigenvalue weighted by molar-refractivity contribution is 5.65. The van der Waals surface area contributed by atoms with Crippen molar-refractivity contribution in [3.05, 3.63) is 155 Å². The van der Waals surface area contributed by atoms with Gasteiger partial charge in [0, 0.05) is 24.7 Å². The van der Waals surface area contributed by atoms with E-state index in [0.717, 1.165) is 48.0 Å². The van der Waals surface area contributed by atoms with Gasteiger partial charge in [-0.15, -0.1) is 0 Å². The minimum atomic E-state index is 0.169. The summed E-state index contributed by atoms with van der Waals surface area (Å²) in [6.45, 7) is 9.04. The van der Waals surface area contributed by atoms with E-state index in [1.807, 2.05) is 24.3 Å². The number of nitrogens with one attached hydrogen (secondary N) is 1. The van der Waals surface area contributed by atoms with Gasteiger partial charge in [0.2, 0.25) is 0 Å². The lowest BCUT2D eigenvalue weighted by Gasteiger charge is -2.30. The Hall–Kier alpha value is -4.74. The maximum absolute atomic E-state index is 6.26. The molecule has 0 aliphatic carbocycles. The summed E-state index contributed by atoms with van der Waals surface area (Å²) < 4.78 is 18.4. The average molecular weight is 641 g/mol. The van der Waals surface area contributed by atoms with Crippen molar-refractivity contribution in [1.29, 1.82) is 0 Å². The van der Waals surface area contributed by atoms with Gasteiger partial charge in [0.15, 0.2) is 0 Å². The number of hydrogen-bond acceptors (Lipinski definition) is 5. The molecule has 2 unspecified atom stereocenters. The van der Waals surface area contributed by atoms with E-state index in [1.165, 1.54) is 41.6 Å². The zero-order valence-electron chi connectivity index (χ0n) is 28.3. The van der Waals surface area contributed by atoms with Gasteiger partial charge in [-0.3, -0.25) is 0 Å². The monoisotopic (exact) mass is 640 g/mol. The Bertz CT molecular complexity index is 1670. The molecule has 0 fully saturated rings. The first kappa shape index (κ1) is 33.2. The van der Waals surface area contributed by atoms with Crippen LogP contribution in [0.2, 0.25) is 0 Å². The van der Waals surface area contributed by atoms with Crippen molar-refractivity contribution in [2.75, 3.05) is 24.6 Å². The van der Waals surface area contributed by atoms with Crippen LogP contribution in [-0.2, 0) is 19.8 Å². The van der Waals surface area contributed by atoms with Crippen molar-refractivity contribution in [3.63, 3.8) is 0 Å². The Morgan fingerprint density at radius 2 is 1.21 bits per heavy atom. The summed E-state index contributed by atoms with van der Waals surface area (Å²) in [5.41, 5.74) is 7.39. The molecule has 0 aromatic heterocycles. The number of hydrogen-bond donors (Lipinski definition) is 1. The third kappa shape index (κ3) is 8.78. The van der Waals surface area contributed by atoms with E-state index in [2.05, 4.69) is 127 Å². The van der Waals surface area contributed by atoms with Crippen LogP contribution in [0.25, 0.3) is 0 Å². The summed E-state index contributed by atoms with van der Waals surface area (Å²) >= 11 is 0. The maximum Gasteiger partial charge on any atom is 0.120 e. The Morgan fingerprint density at radius 3 is 1.88 bits per heavy atom. The fourth-order valence-corrected chi connectivity index (χ4v) is 6.49. The van der Waals surface area contributed by atoms with Crippen LogP contribution >= 0.6 is 0 Å². The number of fused-ring (bicyclic) bond motifs is 1. The lowest BCUT2D eigenvalue weighted by molar-refractivity contribution is 0.306. The van der Waals surface area contributed by atoms with Crippen molar-refractivity contribution in [2.45, 2.75) is 64.8 Å². The highest BCUT2D eigenvalue weighted by atomic mass is 16.5. The molecule has 248 valence electrons. The molecule has 1 aliphatic heterocycles. The van der Waals surface area contributed by atoms with Gasteiger partial charge < -0.3 is 24.4 Å². The number of benzene rings is 5. The van der Waals surface area contributed by atoms with E-state index in [4.69, 9.17) is 14.2 Å². The number of anilines is 1. The van der Waals surface area contributed by atoms with Crippen molar-refractivity contribution >= 4 is 5.69 Å². The van der Waals surface area contributed by atoms with Crippen molar-refractivity contribution in [1.82, 2.24) is 5.32 Å². The van der Waals surface area contributed by atoms with Gasteiger partial charge in [-0.25, -0.2) is 0 Å². The first-order valence-electron chi connectivity index (χ1n) is 17.4. The van der Waals surface area contributed by atoms with Gasteiger partial charge in [-0.1, -0.05) is 112 Å². The summed E-state index contributed by atoms with van der Waals surface area (Å²) in [6, 6.07) is 44.6. The van der Waals surface area contributed by atoms with E-state index < -0.39 is 0 Å². The second kappa shape index (κ2) is 16.9. The molecule has 5 aromatic carbocycles. The van der Waals surface area contributed by atoms with Crippen LogP contribution in [0, 0.1) is 0 Å². The molecule has 0 bridgehead atoms. The molecule has 0 radical (unpaired) electrons. The lowest BCUT2D eigenvalue weighted by atomic mass is 9.91. The third-order valence-electron chi connectivity index (χ3n) is 9.11.